The summed E-state index contributed by atoms with van der Waals surface area (Å²) in [6.45, 7) is 0. The van der Waals surface area contributed by atoms with Crippen molar-refractivity contribution in [1.29, 1.82) is 0 Å². The lowest BCUT2D eigenvalue weighted by molar-refractivity contribution is -0.116. The van der Waals surface area contributed by atoms with Crippen LogP contribution in [0.1, 0.15) is 12.3 Å². The Morgan fingerprint density at radius 3 is 2.67 bits per heavy atom. The van der Waals surface area contributed by atoms with Gasteiger partial charge in [0.1, 0.15) is 5.82 Å². The topological polar surface area (TPSA) is 55.1 Å². The molecular weight excluding hydrogens is 331 g/mol. The van der Waals surface area contributed by atoms with Gasteiger partial charge in [0.15, 0.2) is 11.7 Å². The number of amides is 1. The summed E-state index contributed by atoms with van der Waals surface area (Å²) in [5.41, 5.74) is 1.02. The predicted molar refractivity (Wildman–Crippen MR) is 90.3 cm³/mol. The van der Waals surface area contributed by atoms with Gasteiger partial charge in [-0.3, -0.25) is 4.79 Å². The molecule has 1 aromatic heterocycles. The SMILES string of the molecule is O=C(CCc1ncc(-c2ccccc2F)o1)Nc1ccc(Cl)cc1. The van der Waals surface area contributed by atoms with Crippen LogP contribution in [0.2, 0.25) is 5.02 Å². The lowest BCUT2D eigenvalue weighted by Gasteiger charge is -2.04. The van der Waals surface area contributed by atoms with Crippen LogP contribution in [-0.2, 0) is 11.2 Å². The first-order chi connectivity index (χ1) is 11.6. The lowest BCUT2D eigenvalue weighted by Crippen LogP contribution is -2.12. The van der Waals surface area contributed by atoms with E-state index in [1.807, 2.05) is 0 Å². The Morgan fingerprint density at radius 2 is 1.92 bits per heavy atom. The number of benzene rings is 2. The highest BCUT2D eigenvalue weighted by Gasteiger charge is 2.11. The van der Waals surface area contributed by atoms with Gasteiger partial charge in [-0.25, -0.2) is 9.37 Å². The van der Waals surface area contributed by atoms with Crippen molar-refractivity contribution in [2.75, 3.05) is 5.32 Å². The highest BCUT2D eigenvalue weighted by molar-refractivity contribution is 6.30. The van der Waals surface area contributed by atoms with Gasteiger partial charge in [-0.2, -0.15) is 0 Å². The Labute approximate surface area is 143 Å². The third kappa shape index (κ3) is 4.00. The molecule has 122 valence electrons. The second-order valence-electron chi connectivity index (χ2n) is 5.15. The fourth-order valence-corrected chi connectivity index (χ4v) is 2.31. The summed E-state index contributed by atoms with van der Waals surface area (Å²) in [5, 5.41) is 3.37. The number of aromatic nitrogens is 1. The Bertz CT molecular complexity index is 846. The van der Waals surface area contributed by atoms with Crippen molar-refractivity contribution in [3.63, 3.8) is 0 Å². The molecule has 0 spiro atoms. The molecule has 0 atom stereocenters. The van der Waals surface area contributed by atoms with E-state index < -0.39 is 0 Å². The van der Waals surface area contributed by atoms with Crippen LogP contribution >= 0.6 is 11.6 Å². The molecule has 1 heterocycles. The largest absolute Gasteiger partial charge is 0.441 e. The minimum absolute atomic E-state index is 0.164. The zero-order chi connectivity index (χ0) is 16.9. The molecule has 0 aliphatic carbocycles. The maximum Gasteiger partial charge on any atom is 0.224 e. The molecule has 1 N–H and O–H groups in total. The third-order valence-corrected chi connectivity index (χ3v) is 3.64. The Hall–Kier alpha value is -2.66. The van der Waals surface area contributed by atoms with Gasteiger partial charge in [-0.1, -0.05) is 23.7 Å². The summed E-state index contributed by atoms with van der Waals surface area (Å²) < 4.78 is 19.2. The van der Waals surface area contributed by atoms with E-state index >= 15 is 0 Å². The molecule has 0 saturated carbocycles. The quantitative estimate of drug-likeness (QED) is 0.729. The molecular formula is C18H14ClFN2O2. The smallest absolute Gasteiger partial charge is 0.224 e. The number of hydrogen-bond acceptors (Lipinski definition) is 3. The Balaban J connectivity index is 1.58. The second kappa shape index (κ2) is 7.27. The number of oxazole rings is 1. The van der Waals surface area contributed by atoms with E-state index in [0.29, 0.717) is 34.3 Å². The zero-order valence-electron chi connectivity index (χ0n) is 12.6. The Kier molecular flexibility index (Phi) is 4.91. The van der Waals surface area contributed by atoms with Crippen molar-refractivity contribution in [2.45, 2.75) is 12.8 Å². The van der Waals surface area contributed by atoms with Gasteiger partial charge in [-0.05, 0) is 36.4 Å². The molecule has 3 aromatic rings. The molecule has 0 fully saturated rings. The van der Waals surface area contributed by atoms with Crippen LogP contribution in [0.25, 0.3) is 11.3 Å². The second-order valence-corrected chi connectivity index (χ2v) is 5.59. The minimum Gasteiger partial charge on any atom is -0.441 e. The van der Waals surface area contributed by atoms with E-state index in [9.17, 15) is 9.18 Å². The number of nitrogens with zero attached hydrogens (tertiary/aromatic N) is 1. The molecule has 0 saturated heterocycles. The van der Waals surface area contributed by atoms with Crippen molar-refractivity contribution >= 4 is 23.2 Å². The van der Waals surface area contributed by atoms with Crippen molar-refractivity contribution < 1.29 is 13.6 Å². The van der Waals surface area contributed by atoms with Crippen molar-refractivity contribution in [3.05, 3.63) is 71.5 Å². The van der Waals surface area contributed by atoms with Crippen LogP contribution in [0.15, 0.2) is 59.1 Å². The van der Waals surface area contributed by atoms with E-state index in [2.05, 4.69) is 10.3 Å². The monoisotopic (exact) mass is 344 g/mol. The van der Waals surface area contributed by atoms with Gasteiger partial charge < -0.3 is 9.73 Å². The highest BCUT2D eigenvalue weighted by atomic mass is 35.5. The number of halogens is 2. The van der Waals surface area contributed by atoms with Gasteiger partial charge in [0.2, 0.25) is 5.91 Å². The highest BCUT2D eigenvalue weighted by Crippen LogP contribution is 2.23. The first-order valence-electron chi connectivity index (χ1n) is 7.37. The van der Waals surface area contributed by atoms with Crippen LogP contribution < -0.4 is 5.32 Å². The summed E-state index contributed by atoms with van der Waals surface area (Å²) in [6.07, 6.45) is 2.00. The number of anilines is 1. The summed E-state index contributed by atoms with van der Waals surface area (Å²) >= 11 is 5.79. The first-order valence-corrected chi connectivity index (χ1v) is 7.74. The van der Waals surface area contributed by atoms with Crippen LogP contribution in [0, 0.1) is 5.82 Å². The van der Waals surface area contributed by atoms with E-state index in [1.54, 1.807) is 42.5 Å². The van der Waals surface area contributed by atoms with Crippen molar-refractivity contribution in [2.24, 2.45) is 0 Å². The lowest BCUT2D eigenvalue weighted by atomic mass is 10.2. The first kappa shape index (κ1) is 16.2. The fourth-order valence-electron chi connectivity index (χ4n) is 2.19. The average molecular weight is 345 g/mol. The predicted octanol–water partition coefficient (Wildman–Crippen LogP) is 4.71. The summed E-state index contributed by atoms with van der Waals surface area (Å²) in [7, 11) is 0. The third-order valence-electron chi connectivity index (χ3n) is 3.39. The van der Waals surface area contributed by atoms with E-state index in [1.165, 1.54) is 12.3 Å². The number of rotatable bonds is 5. The van der Waals surface area contributed by atoms with Gasteiger partial charge in [-0.15, -0.1) is 0 Å². The number of carbonyl (C=O) groups is 1. The number of nitrogens with one attached hydrogen (secondary N) is 1. The van der Waals surface area contributed by atoms with Crippen LogP contribution in [-0.4, -0.2) is 10.9 Å². The van der Waals surface area contributed by atoms with Crippen molar-refractivity contribution in [3.8, 4) is 11.3 Å². The molecule has 0 aliphatic rings. The molecule has 3 rings (SSSR count). The van der Waals surface area contributed by atoms with E-state index in [-0.39, 0.29) is 18.1 Å². The molecule has 24 heavy (non-hydrogen) atoms. The standard InChI is InChI=1S/C18H14ClFN2O2/c19-12-5-7-13(8-6-12)22-17(23)9-10-18-21-11-16(24-18)14-3-1-2-4-15(14)20/h1-8,11H,9-10H2,(H,22,23). The molecule has 4 nitrogen and oxygen atoms in total. The zero-order valence-corrected chi connectivity index (χ0v) is 13.4. The van der Waals surface area contributed by atoms with Gasteiger partial charge in [0, 0.05) is 23.6 Å². The number of carbonyl (C=O) groups excluding carboxylic acids is 1. The summed E-state index contributed by atoms with van der Waals surface area (Å²) in [6, 6.07) is 13.2. The molecule has 0 aliphatic heterocycles. The van der Waals surface area contributed by atoms with Crippen LogP contribution in [0.5, 0.6) is 0 Å². The number of aryl methyl sites for hydroxylation is 1. The molecule has 2 aromatic carbocycles. The number of hydrogen-bond donors (Lipinski definition) is 1. The normalized spacial score (nSPS) is 10.6. The molecule has 0 unspecified atom stereocenters. The van der Waals surface area contributed by atoms with Crippen LogP contribution in [0.4, 0.5) is 10.1 Å². The molecule has 0 bridgehead atoms. The van der Waals surface area contributed by atoms with Gasteiger partial charge in [0.05, 0.1) is 11.8 Å². The van der Waals surface area contributed by atoms with E-state index in [4.69, 9.17) is 16.0 Å². The summed E-state index contributed by atoms with van der Waals surface area (Å²) in [5.74, 6) is 0.198. The maximum absolute atomic E-state index is 13.7. The molecule has 1 amide bonds. The molecule has 6 heteroatoms. The van der Waals surface area contributed by atoms with Gasteiger partial charge in [0.25, 0.3) is 0 Å². The molecule has 0 radical (unpaired) electrons. The fraction of sp³-hybridized carbons (Fsp3) is 0.111. The average Bonchev–Trinajstić information content (AvgIpc) is 3.04. The van der Waals surface area contributed by atoms with E-state index in [0.717, 1.165) is 0 Å². The summed E-state index contributed by atoms with van der Waals surface area (Å²) in [4.78, 5) is 16.0. The minimum atomic E-state index is -0.374. The van der Waals surface area contributed by atoms with Crippen molar-refractivity contribution in [1.82, 2.24) is 4.98 Å². The Morgan fingerprint density at radius 1 is 1.17 bits per heavy atom. The van der Waals surface area contributed by atoms with Crippen LogP contribution in [0.3, 0.4) is 0 Å². The maximum atomic E-state index is 13.7. The van der Waals surface area contributed by atoms with Gasteiger partial charge >= 0.3 is 0 Å².